The molecule has 0 bridgehead atoms. The third-order valence-electron chi connectivity index (χ3n) is 4.56. The SMILES string of the molecule is Cn1nc(-c2cccs2)cc1C(=O)Nc1cnn(CC2CCOCC2)c1. The molecule has 0 aromatic carbocycles. The maximum absolute atomic E-state index is 12.6. The molecule has 1 amide bonds. The molecule has 136 valence electrons. The smallest absolute Gasteiger partial charge is 0.274 e. The van der Waals surface area contributed by atoms with Crippen LogP contribution in [0.25, 0.3) is 10.6 Å². The molecule has 4 heterocycles. The van der Waals surface area contributed by atoms with Gasteiger partial charge in [-0.3, -0.25) is 14.2 Å². The number of carbonyl (C=O) groups is 1. The van der Waals surface area contributed by atoms with E-state index in [1.165, 1.54) is 0 Å². The molecule has 0 spiro atoms. The minimum atomic E-state index is -0.187. The number of anilines is 1. The van der Waals surface area contributed by atoms with Crippen molar-refractivity contribution < 1.29 is 9.53 Å². The van der Waals surface area contributed by atoms with E-state index in [-0.39, 0.29) is 5.91 Å². The van der Waals surface area contributed by atoms with Crippen LogP contribution in [0.15, 0.2) is 36.0 Å². The molecule has 0 unspecified atom stereocenters. The molecule has 3 aromatic rings. The molecule has 1 aliphatic rings. The van der Waals surface area contributed by atoms with Crippen LogP contribution in [0, 0.1) is 5.92 Å². The second kappa shape index (κ2) is 7.43. The lowest BCUT2D eigenvalue weighted by atomic mass is 10.0. The molecule has 1 aliphatic heterocycles. The summed E-state index contributed by atoms with van der Waals surface area (Å²) < 4.78 is 8.89. The van der Waals surface area contributed by atoms with Crippen molar-refractivity contribution in [3.05, 3.63) is 41.7 Å². The lowest BCUT2D eigenvalue weighted by Crippen LogP contribution is -2.20. The highest BCUT2D eigenvalue weighted by Crippen LogP contribution is 2.24. The van der Waals surface area contributed by atoms with Crippen molar-refractivity contribution in [2.24, 2.45) is 13.0 Å². The van der Waals surface area contributed by atoms with Crippen LogP contribution in [0.4, 0.5) is 5.69 Å². The fourth-order valence-electron chi connectivity index (χ4n) is 3.14. The van der Waals surface area contributed by atoms with E-state index in [4.69, 9.17) is 4.74 Å². The predicted octanol–water partition coefficient (Wildman–Crippen LogP) is 3.02. The van der Waals surface area contributed by atoms with Gasteiger partial charge in [0.05, 0.1) is 16.8 Å². The number of ether oxygens (including phenoxy) is 1. The van der Waals surface area contributed by atoms with Gasteiger partial charge in [-0.15, -0.1) is 11.3 Å². The Balaban J connectivity index is 1.42. The number of aromatic nitrogens is 4. The average molecular weight is 371 g/mol. The molecule has 0 saturated carbocycles. The first-order valence-corrected chi connectivity index (χ1v) is 9.56. The van der Waals surface area contributed by atoms with Gasteiger partial charge in [-0.1, -0.05) is 6.07 Å². The van der Waals surface area contributed by atoms with E-state index in [1.807, 2.05) is 34.5 Å². The van der Waals surface area contributed by atoms with Crippen molar-refractivity contribution in [1.82, 2.24) is 19.6 Å². The number of nitrogens with one attached hydrogen (secondary N) is 1. The lowest BCUT2D eigenvalue weighted by Gasteiger charge is -2.21. The minimum absolute atomic E-state index is 0.187. The normalized spacial score (nSPS) is 15.3. The third-order valence-corrected chi connectivity index (χ3v) is 5.46. The highest BCUT2D eigenvalue weighted by molar-refractivity contribution is 7.13. The molecule has 4 rings (SSSR count). The maximum atomic E-state index is 12.6. The largest absolute Gasteiger partial charge is 0.381 e. The van der Waals surface area contributed by atoms with Crippen LogP contribution in [0.3, 0.4) is 0 Å². The summed E-state index contributed by atoms with van der Waals surface area (Å²) in [5.74, 6) is 0.394. The van der Waals surface area contributed by atoms with E-state index in [1.54, 1.807) is 29.3 Å². The Kier molecular flexibility index (Phi) is 4.85. The summed E-state index contributed by atoms with van der Waals surface area (Å²) >= 11 is 1.60. The van der Waals surface area contributed by atoms with Crippen molar-refractivity contribution >= 4 is 22.9 Å². The topological polar surface area (TPSA) is 74.0 Å². The Morgan fingerprint density at radius 1 is 1.42 bits per heavy atom. The van der Waals surface area contributed by atoms with E-state index in [2.05, 4.69) is 15.5 Å². The second-order valence-electron chi connectivity index (χ2n) is 6.48. The molecular formula is C18H21N5O2S. The van der Waals surface area contributed by atoms with Crippen molar-refractivity contribution in [2.45, 2.75) is 19.4 Å². The van der Waals surface area contributed by atoms with Crippen LogP contribution in [-0.2, 0) is 18.3 Å². The van der Waals surface area contributed by atoms with Gasteiger partial charge in [0.25, 0.3) is 5.91 Å². The fourth-order valence-corrected chi connectivity index (χ4v) is 3.82. The molecule has 8 heteroatoms. The zero-order valence-electron chi connectivity index (χ0n) is 14.6. The minimum Gasteiger partial charge on any atom is -0.381 e. The number of hydrogen-bond donors (Lipinski definition) is 1. The van der Waals surface area contributed by atoms with Crippen molar-refractivity contribution in [1.29, 1.82) is 0 Å². The van der Waals surface area contributed by atoms with E-state index >= 15 is 0 Å². The van der Waals surface area contributed by atoms with Crippen LogP contribution in [-0.4, -0.2) is 38.7 Å². The molecule has 0 aliphatic carbocycles. The Bertz CT molecular complexity index is 877. The van der Waals surface area contributed by atoms with Gasteiger partial charge in [0.15, 0.2) is 0 Å². The van der Waals surface area contributed by atoms with Gasteiger partial charge >= 0.3 is 0 Å². The quantitative estimate of drug-likeness (QED) is 0.748. The Hall–Kier alpha value is -2.45. The van der Waals surface area contributed by atoms with Gasteiger partial charge in [0.2, 0.25) is 0 Å². The van der Waals surface area contributed by atoms with Crippen LogP contribution in [0.2, 0.25) is 0 Å². The fraction of sp³-hybridized carbons (Fsp3) is 0.389. The molecule has 1 saturated heterocycles. The Morgan fingerprint density at radius 3 is 3.04 bits per heavy atom. The summed E-state index contributed by atoms with van der Waals surface area (Å²) in [6.45, 7) is 2.50. The first-order chi connectivity index (χ1) is 12.7. The average Bonchev–Trinajstić information content (AvgIpc) is 3.37. The van der Waals surface area contributed by atoms with Crippen molar-refractivity contribution in [3.8, 4) is 10.6 Å². The summed E-state index contributed by atoms with van der Waals surface area (Å²) in [6.07, 6.45) is 5.68. The molecule has 3 aromatic heterocycles. The van der Waals surface area contributed by atoms with Crippen molar-refractivity contribution in [3.63, 3.8) is 0 Å². The number of rotatable bonds is 5. The molecule has 0 radical (unpaired) electrons. The number of hydrogen-bond acceptors (Lipinski definition) is 5. The molecule has 26 heavy (non-hydrogen) atoms. The van der Waals surface area contributed by atoms with Crippen molar-refractivity contribution in [2.75, 3.05) is 18.5 Å². The summed E-state index contributed by atoms with van der Waals surface area (Å²) in [5, 5.41) is 13.7. The van der Waals surface area contributed by atoms with E-state index in [0.717, 1.165) is 43.2 Å². The molecule has 0 atom stereocenters. The first kappa shape index (κ1) is 17.0. The van der Waals surface area contributed by atoms with Crippen LogP contribution < -0.4 is 5.32 Å². The zero-order chi connectivity index (χ0) is 17.9. The summed E-state index contributed by atoms with van der Waals surface area (Å²) in [5.41, 5.74) is 2.02. The number of aryl methyl sites for hydroxylation is 1. The number of amides is 1. The van der Waals surface area contributed by atoms with Crippen LogP contribution in [0.1, 0.15) is 23.3 Å². The van der Waals surface area contributed by atoms with E-state index < -0.39 is 0 Å². The lowest BCUT2D eigenvalue weighted by molar-refractivity contribution is 0.0601. The molecule has 1 N–H and O–H groups in total. The van der Waals surface area contributed by atoms with Gasteiger partial charge in [-0.2, -0.15) is 10.2 Å². The summed E-state index contributed by atoms with van der Waals surface area (Å²) in [7, 11) is 1.78. The molecule has 1 fully saturated rings. The Labute approximate surface area is 155 Å². The highest BCUT2D eigenvalue weighted by atomic mass is 32.1. The van der Waals surface area contributed by atoms with Crippen LogP contribution >= 0.6 is 11.3 Å². The number of carbonyl (C=O) groups excluding carboxylic acids is 1. The van der Waals surface area contributed by atoms with Gasteiger partial charge < -0.3 is 10.1 Å². The van der Waals surface area contributed by atoms with Gasteiger partial charge in [0, 0.05) is 33.0 Å². The summed E-state index contributed by atoms with van der Waals surface area (Å²) in [6, 6.07) is 5.78. The summed E-state index contributed by atoms with van der Waals surface area (Å²) in [4.78, 5) is 13.6. The first-order valence-electron chi connectivity index (χ1n) is 8.68. The number of nitrogens with zero attached hydrogens (tertiary/aromatic N) is 4. The van der Waals surface area contributed by atoms with Gasteiger partial charge in [-0.05, 0) is 36.3 Å². The third kappa shape index (κ3) is 3.71. The monoisotopic (exact) mass is 371 g/mol. The van der Waals surface area contributed by atoms with Gasteiger partial charge in [0.1, 0.15) is 11.4 Å². The maximum Gasteiger partial charge on any atom is 0.274 e. The zero-order valence-corrected chi connectivity index (χ0v) is 15.4. The van der Waals surface area contributed by atoms with Crippen LogP contribution in [0.5, 0.6) is 0 Å². The Morgan fingerprint density at radius 2 is 2.27 bits per heavy atom. The molecule has 7 nitrogen and oxygen atoms in total. The standard InChI is InChI=1S/C18H21N5O2S/c1-22-16(9-15(21-22)17-3-2-8-26-17)18(24)20-14-10-19-23(12-14)11-13-4-6-25-7-5-13/h2-3,8-10,12-13H,4-7,11H2,1H3,(H,20,24). The number of thiophene rings is 1. The highest BCUT2D eigenvalue weighted by Gasteiger charge is 2.17. The van der Waals surface area contributed by atoms with E-state index in [9.17, 15) is 4.79 Å². The van der Waals surface area contributed by atoms with E-state index in [0.29, 0.717) is 17.3 Å². The van der Waals surface area contributed by atoms with Gasteiger partial charge in [-0.25, -0.2) is 0 Å². The molecular weight excluding hydrogens is 350 g/mol. The second-order valence-corrected chi connectivity index (χ2v) is 7.42. The predicted molar refractivity (Wildman–Crippen MR) is 100 cm³/mol.